The standard InChI is InChI=1S/C16H19N3O5S/c1-4-18(5-2)25(22,23)15-10-12(3)6-8-14(15)17-11-13-7-9-16(24-13)19(20)21/h6-11H,4-5H2,1-3H3. The molecular weight excluding hydrogens is 346 g/mol. The molecule has 2 rings (SSSR count). The molecule has 25 heavy (non-hydrogen) atoms. The van der Waals surface area contributed by atoms with Crippen LogP contribution in [0.4, 0.5) is 11.6 Å². The lowest BCUT2D eigenvalue weighted by Gasteiger charge is -2.19. The number of aryl methyl sites for hydroxylation is 1. The second kappa shape index (κ2) is 7.58. The molecule has 0 N–H and O–H groups in total. The minimum atomic E-state index is -3.69. The van der Waals surface area contributed by atoms with Gasteiger partial charge < -0.3 is 4.42 Å². The molecule has 1 aromatic heterocycles. The third kappa shape index (κ3) is 4.12. The highest BCUT2D eigenvalue weighted by Crippen LogP contribution is 2.28. The first-order chi connectivity index (χ1) is 11.8. The highest BCUT2D eigenvalue weighted by molar-refractivity contribution is 7.89. The molecule has 0 aliphatic heterocycles. The van der Waals surface area contributed by atoms with Crippen LogP contribution < -0.4 is 0 Å². The third-order valence-electron chi connectivity index (χ3n) is 3.56. The van der Waals surface area contributed by atoms with Crippen molar-refractivity contribution in [3.8, 4) is 0 Å². The Morgan fingerprint density at radius 2 is 1.92 bits per heavy atom. The first-order valence-electron chi connectivity index (χ1n) is 7.68. The number of hydrogen-bond donors (Lipinski definition) is 0. The molecule has 0 spiro atoms. The van der Waals surface area contributed by atoms with E-state index in [2.05, 4.69) is 4.99 Å². The fourth-order valence-electron chi connectivity index (χ4n) is 2.28. The number of aliphatic imine (C=N–C) groups is 1. The van der Waals surface area contributed by atoms with Crippen LogP contribution in [0.15, 0.2) is 44.6 Å². The summed E-state index contributed by atoms with van der Waals surface area (Å²) in [5.74, 6) is -0.236. The van der Waals surface area contributed by atoms with Gasteiger partial charge in [0, 0.05) is 13.1 Å². The SMILES string of the molecule is CCN(CC)S(=O)(=O)c1cc(C)ccc1N=Cc1ccc([N+](=O)[O-])o1. The highest BCUT2D eigenvalue weighted by Gasteiger charge is 2.24. The van der Waals surface area contributed by atoms with Crippen LogP contribution in [0.3, 0.4) is 0 Å². The van der Waals surface area contributed by atoms with Crippen LogP contribution in [0, 0.1) is 17.0 Å². The molecule has 0 radical (unpaired) electrons. The maximum Gasteiger partial charge on any atom is 0.433 e. The Morgan fingerprint density at radius 3 is 2.48 bits per heavy atom. The van der Waals surface area contributed by atoms with Gasteiger partial charge in [0.25, 0.3) is 0 Å². The van der Waals surface area contributed by atoms with Crippen LogP contribution >= 0.6 is 0 Å². The van der Waals surface area contributed by atoms with Crippen molar-refractivity contribution in [3.05, 3.63) is 51.8 Å². The van der Waals surface area contributed by atoms with Crippen molar-refractivity contribution in [2.45, 2.75) is 25.7 Å². The van der Waals surface area contributed by atoms with E-state index in [9.17, 15) is 18.5 Å². The molecule has 1 heterocycles. The predicted octanol–water partition coefficient (Wildman–Crippen LogP) is 3.28. The zero-order valence-electron chi connectivity index (χ0n) is 14.2. The molecular formula is C16H19N3O5S. The summed E-state index contributed by atoms with van der Waals surface area (Å²) in [6.45, 7) is 6.02. The zero-order chi connectivity index (χ0) is 18.6. The molecule has 0 aliphatic rings. The van der Waals surface area contributed by atoms with E-state index in [1.165, 1.54) is 22.7 Å². The Labute approximate surface area is 146 Å². The largest absolute Gasteiger partial charge is 0.433 e. The van der Waals surface area contributed by atoms with E-state index in [0.29, 0.717) is 13.1 Å². The molecule has 0 saturated carbocycles. The minimum Gasteiger partial charge on any atom is -0.400 e. The Morgan fingerprint density at radius 1 is 1.24 bits per heavy atom. The van der Waals surface area contributed by atoms with Crippen molar-refractivity contribution in [3.63, 3.8) is 0 Å². The summed E-state index contributed by atoms with van der Waals surface area (Å²) in [5.41, 5.74) is 1.04. The second-order valence-electron chi connectivity index (χ2n) is 5.25. The average molecular weight is 365 g/mol. The van der Waals surface area contributed by atoms with Gasteiger partial charge >= 0.3 is 5.88 Å². The van der Waals surface area contributed by atoms with E-state index in [1.54, 1.807) is 39.0 Å². The summed E-state index contributed by atoms with van der Waals surface area (Å²) >= 11 is 0. The topological polar surface area (TPSA) is 106 Å². The molecule has 0 unspecified atom stereocenters. The van der Waals surface area contributed by atoms with Gasteiger partial charge in [-0.1, -0.05) is 19.9 Å². The van der Waals surface area contributed by atoms with E-state index in [-0.39, 0.29) is 16.3 Å². The number of benzene rings is 1. The van der Waals surface area contributed by atoms with E-state index < -0.39 is 20.8 Å². The summed E-state index contributed by atoms with van der Waals surface area (Å²) in [4.78, 5) is 14.2. The Bertz CT molecular complexity index is 898. The molecule has 9 heteroatoms. The molecule has 0 saturated heterocycles. The van der Waals surface area contributed by atoms with Crippen molar-refractivity contribution in [1.82, 2.24) is 4.31 Å². The summed E-state index contributed by atoms with van der Waals surface area (Å²) < 4.78 is 32.0. The Balaban J connectivity index is 2.45. The van der Waals surface area contributed by atoms with Gasteiger partial charge in [-0.3, -0.25) is 15.1 Å². The summed E-state index contributed by atoms with van der Waals surface area (Å²) in [6, 6.07) is 7.52. The van der Waals surface area contributed by atoms with Crippen LogP contribution in [0.5, 0.6) is 0 Å². The van der Waals surface area contributed by atoms with Crippen LogP contribution in [0.25, 0.3) is 0 Å². The predicted molar refractivity (Wildman–Crippen MR) is 93.9 cm³/mol. The number of nitrogens with zero attached hydrogens (tertiary/aromatic N) is 3. The summed E-state index contributed by atoms with van der Waals surface area (Å²) in [7, 11) is -3.69. The number of rotatable bonds is 7. The molecule has 0 aliphatic carbocycles. The smallest absolute Gasteiger partial charge is 0.400 e. The van der Waals surface area contributed by atoms with E-state index in [4.69, 9.17) is 4.42 Å². The molecule has 0 fully saturated rings. The van der Waals surface area contributed by atoms with Crippen LogP contribution in [-0.4, -0.2) is 37.0 Å². The first kappa shape index (κ1) is 18.8. The molecule has 134 valence electrons. The normalized spacial score (nSPS) is 12.2. The van der Waals surface area contributed by atoms with E-state index in [0.717, 1.165) is 5.56 Å². The van der Waals surface area contributed by atoms with Crippen molar-refractivity contribution in [1.29, 1.82) is 0 Å². The van der Waals surface area contributed by atoms with Gasteiger partial charge in [0.1, 0.15) is 9.82 Å². The van der Waals surface area contributed by atoms with Crippen LogP contribution in [0.2, 0.25) is 0 Å². The minimum absolute atomic E-state index is 0.0912. The zero-order valence-corrected chi connectivity index (χ0v) is 15.0. The van der Waals surface area contributed by atoms with Crippen molar-refractivity contribution in [2.75, 3.05) is 13.1 Å². The number of furan rings is 1. The van der Waals surface area contributed by atoms with Gasteiger partial charge in [-0.05, 0) is 30.7 Å². The fourth-order valence-corrected chi connectivity index (χ4v) is 3.96. The van der Waals surface area contributed by atoms with Gasteiger partial charge in [0.2, 0.25) is 10.0 Å². The van der Waals surface area contributed by atoms with Gasteiger partial charge in [-0.15, -0.1) is 0 Å². The third-order valence-corrected chi connectivity index (χ3v) is 5.64. The Kier molecular flexibility index (Phi) is 5.70. The average Bonchev–Trinajstić information content (AvgIpc) is 3.04. The summed E-state index contributed by atoms with van der Waals surface area (Å²) in [5, 5.41) is 10.6. The van der Waals surface area contributed by atoms with Crippen LogP contribution in [-0.2, 0) is 10.0 Å². The summed E-state index contributed by atoms with van der Waals surface area (Å²) in [6.07, 6.45) is 1.26. The maximum atomic E-state index is 12.8. The van der Waals surface area contributed by atoms with Gasteiger partial charge in [0.05, 0.1) is 18.0 Å². The fraction of sp³-hybridized carbons (Fsp3) is 0.312. The van der Waals surface area contributed by atoms with E-state index in [1.807, 2.05) is 0 Å². The number of sulfonamides is 1. The monoisotopic (exact) mass is 365 g/mol. The first-order valence-corrected chi connectivity index (χ1v) is 9.12. The second-order valence-corrected chi connectivity index (χ2v) is 7.16. The van der Waals surface area contributed by atoms with Gasteiger partial charge in [-0.2, -0.15) is 4.31 Å². The lowest BCUT2D eigenvalue weighted by molar-refractivity contribution is -0.402. The van der Waals surface area contributed by atoms with Crippen molar-refractivity contribution < 1.29 is 17.8 Å². The lowest BCUT2D eigenvalue weighted by atomic mass is 10.2. The lowest BCUT2D eigenvalue weighted by Crippen LogP contribution is -2.30. The van der Waals surface area contributed by atoms with E-state index >= 15 is 0 Å². The van der Waals surface area contributed by atoms with Crippen LogP contribution in [0.1, 0.15) is 25.2 Å². The highest BCUT2D eigenvalue weighted by atomic mass is 32.2. The quantitative estimate of drug-likeness (QED) is 0.425. The molecule has 0 amide bonds. The maximum absolute atomic E-state index is 12.8. The van der Waals surface area contributed by atoms with Gasteiger partial charge in [0.15, 0.2) is 5.76 Å². The molecule has 0 atom stereocenters. The Hall–Kier alpha value is -2.52. The molecule has 2 aromatic rings. The van der Waals surface area contributed by atoms with Crippen molar-refractivity contribution >= 4 is 27.8 Å². The van der Waals surface area contributed by atoms with Crippen molar-refractivity contribution in [2.24, 2.45) is 4.99 Å². The number of hydrogen-bond acceptors (Lipinski definition) is 6. The number of nitro groups is 1. The van der Waals surface area contributed by atoms with Gasteiger partial charge in [-0.25, -0.2) is 8.42 Å². The molecule has 0 bridgehead atoms. The molecule has 8 nitrogen and oxygen atoms in total. The molecule has 1 aromatic carbocycles.